The van der Waals surface area contributed by atoms with Crippen LogP contribution < -0.4 is 0 Å². The first-order valence-corrected chi connectivity index (χ1v) is 7.76. The van der Waals surface area contributed by atoms with Gasteiger partial charge < -0.3 is 20.1 Å². The molecule has 2 N–H and O–H groups in total. The molecule has 2 rings (SSSR count). The first-order valence-electron chi connectivity index (χ1n) is 6.61. The molecule has 0 radical (unpaired) electrons. The van der Waals surface area contributed by atoms with Crippen LogP contribution in [0.4, 0.5) is 0 Å². The molecule has 0 spiro atoms. The number of likely N-dealkylation sites (N-methyl/N-ethyl adjacent to an activating group) is 1. The number of nitrogens with zero attached hydrogens (tertiary/aromatic N) is 1. The summed E-state index contributed by atoms with van der Waals surface area (Å²) in [6.45, 7) is 5.36. The molecule has 1 aromatic carbocycles. The Morgan fingerprint density at radius 1 is 1.30 bits per heavy atom. The van der Waals surface area contributed by atoms with Crippen LogP contribution in [-0.4, -0.2) is 45.6 Å². The highest BCUT2D eigenvalue weighted by Gasteiger charge is 2.69. The average molecular weight is 295 g/mol. The molecular weight excluding hydrogens is 273 g/mol. The molecule has 1 aliphatic heterocycles. The van der Waals surface area contributed by atoms with Crippen LogP contribution in [0.15, 0.2) is 24.3 Å². The van der Waals surface area contributed by atoms with Crippen molar-refractivity contribution in [3.8, 4) is 0 Å². The maximum absolute atomic E-state index is 13.0. The van der Waals surface area contributed by atoms with Gasteiger partial charge in [-0.2, -0.15) is 0 Å². The molecule has 4 unspecified atom stereocenters. The average Bonchev–Trinajstić information content (AvgIpc) is 2.47. The van der Waals surface area contributed by atoms with Gasteiger partial charge in [-0.3, -0.25) is 0 Å². The molecule has 1 heterocycles. The van der Waals surface area contributed by atoms with Crippen LogP contribution in [0.2, 0.25) is 0 Å². The number of rotatable bonds is 2. The highest BCUT2D eigenvalue weighted by Crippen LogP contribution is 2.54. The number of benzene rings is 1. The fourth-order valence-electron chi connectivity index (χ4n) is 3.10. The number of hydroxylamine groups is 3. The van der Waals surface area contributed by atoms with Gasteiger partial charge in [0.2, 0.25) is 0 Å². The zero-order valence-corrected chi connectivity index (χ0v) is 13.3. The van der Waals surface area contributed by atoms with Crippen molar-refractivity contribution < 1.29 is 14.9 Å². The van der Waals surface area contributed by atoms with E-state index < -0.39 is 27.7 Å². The van der Waals surface area contributed by atoms with Crippen molar-refractivity contribution in [2.75, 3.05) is 7.05 Å². The predicted octanol–water partition coefficient (Wildman–Crippen LogP) is 1.98. The second kappa shape index (κ2) is 4.62. The van der Waals surface area contributed by atoms with Crippen molar-refractivity contribution in [1.29, 1.82) is 0 Å². The van der Waals surface area contributed by atoms with E-state index in [1.807, 2.05) is 19.1 Å². The minimum atomic E-state index is -1.59. The quantitative estimate of drug-likeness (QED) is 0.498. The number of likely N-dealkylation sites (tertiary alicyclic amines) is 1. The van der Waals surface area contributed by atoms with E-state index in [0.717, 1.165) is 5.56 Å². The zero-order valence-electron chi connectivity index (χ0n) is 12.4. The van der Waals surface area contributed by atoms with Crippen molar-refractivity contribution in [2.45, 2.75) is 43.8 Å². The number of aliphatic hydroxyl groups is 2. The van der Waals surface area contributed by atoms with Crippen molar-refractivity contribution in [2.24, 2.45) is 0 Å². The summed E-state index contributed by atoms with van der Waals surface area (Å²) in [5.41, 5.74) is -1.02. The van der Waals surface area contributed by atoms with Gasteiger partial charge in [0.15, 0.2) is 17.5 Å². The van der Waals surface area contributed by atoms with E-state index in [4.69, 9.17) is 0 Å². The molecule has 110 valence electrons. The van der Waals surface area contributed by atoms with Crippen molar-refractivity contribution in [3.05, 3.63) is 40.6 Å². The second-order valence-electron chi connectivity index (χ2n) is 6.22. The molecule has 4 atom stereocenters. The molecule has 20 heavy (non-hydrogen) atoms. The molecule has 1 aromatic rings. The number of hydrogen-bond acceptors (Lipinski definition) is 3. The maximum atomic E-state index is 13.0. The fourth-order valence-corrected chi connectivity index (χ4v) is 4.12. The van der Waals surface area contributed by atoms with Gasteiger partial charge in [0.25, 0.3) is 0 Å². The SMILES string of the molecule is C=PC1C(O)C(O)(c2ccc(C)cc2)C(C)(C)[N+]1(C)[O-]. The van der Waals surface area contributed by atoms with Crippen LogP contribution in [-0.2, 0) is 5.60 Å². The summed E-state index contributed by atoms with van der Waals surface area (Å²) in [6.07, 6.45) is 2.59. The topological polar surface area (TPSA) is 63.5 Å². The van der Waals surface area contributed by atoms with Crippen LogP contribution in [0.1, 0.15) is 25.0 Å². The van der Waals surface area contributed by atoms with Gasteiger partial charge in [0.05, 0.1) is 7.05 Å². The van der Waals surface area contributed by atoms with E-state index >= 15 is 0 Å². The van der Waals surface area contributed by atoms with Crippen molar-refractivity contribution in [3.63, 3.8) is 0 Å². The van der Waals surface area contributed by atoms with Crippen molar-refractivity contribution >= 4 is 14.5 Å². The summed E-state index contributed by atoms with van der Waals surface area (Å²) in [5.74, 6) is -0.670. The molecule has 4 nitrogen and oxygen atoms in total. The standard InChI is InChI=1S/C15H22NO3P/c1-10-6-8-11(9-7-10)15(18)12(17)13(20-5)16(4,19)14(15,2)3/h6-9,12-13,17-18H,5H2,1-4H3. The normalized spacial score (nSPS) is 40.1. The lowest BCUT2D eigenvalue weighted by atomic mass is 9.76. The lowest BCUT2D eigenvalue weighted by Crippen LogP contribution is -2.60. The Morgan fingerprint density at radius 2 is 1.80 bits per heavy atom. The van der Waals surface area contributed by atoms with E-state index in [-0.39, 0.29) is 0 Å². The minimum Gasteiger partial charge on any atom is -0.632 e. The van der Waals surface area contributed by atoms with Crippen LogP contribution in [0, 0.1) is 12.1 Å². The first-order chi connectivity index (χ1) is 9.10. The molecule has 1 fully saturated rings. The fraction of sp³-hybridized carbons (Fsp3) is 0.533. The Kier molecular flexibility index (Phi) is 3.61. The largest absolute Gasteiger partial charge is 0.632 e. The monoisotopic (exact) mass is 295 g/mol. The summed E-state index contributed by atoms with van der Waals surface area (Å²) in [6, 6.07) is 7.31. The Morgan fingerprint density at radius 3 is 2.20 bits per heavy atom. The third-order valence-corrected chi connectivity index (χ3v) is 6.03. The first kappa shape index (κ1) is 15.6. The smallest absolute Gasteiger partial charge is 0.176 e. The van der Waals surface area contributed by atoms with Gasteiger partial charge >= 0.3 is 0 Å². The third kappa shape index (κ3) is 1.73. The Balaban J connectivity index is 2.65. The highest BCUT2D eigenvalue weighted by molar-refractivity contribution is 7.37. The molecule has 5 heteroatoms. The predicted molar refractivity (Wildman–Crippen MR) is 82.5 cm³/mol. The molecule has 0 bridgehead atoms. The van der Waals surface area contributed by atoms with Crippen LogP contribution >= 0.6 is 8.20 Å². The van der Waals surface area contributed by atoms with E-state index in [1.165, 1.54) is 7.05 Å². The van der Waals surface area contributed by atoms with Crippen LogP contribution in [0.25, 0.3) is 0 Å². The van der Waals surface area contributed by atoms with Gasteiger partial charge in [-0.1, -0.05) is 36.1 Å². The third-order valence-electron chi connectivity index (χ3n) is 4.94. The molecule has 0 saturated carbocycles. The Hall–Kier alpha value is -0.770. The number of aliphatic hydroxyl groups excluding tert-OH is 1. The second-order valence-corrected chi connectivity index (χ2v) is 7.12. The molecule has 0 amide bonds. The zero-order chi connectivity index (χ0) is 15.3. The van der Waals surface area contributed by atoms with E-state index in [1.54, 1.807) is 26.0 Å². The van der Waals surface area contributed by atoms with Crippen molar-refractivity contribution in [1.82, 2.24) is 0 Å². The Bertz CT molecular complexity index is 526. The number of hydrogen-bond donors (Lipinski definition) is 2. The molecule has 0 aromatic heterocycles. The number of aryl methyl sites for hydroxylation is 1. The summed E-state index contributed by atoms with van der Waals surface area (Å²) < 4.78 is -0.719. The van der Waals surface area contributed by atoms with E-state index in [0.29, 0.717) is 13.8 Å². The van der Waals surface area contributed by atoms with E-state index in [9.17, 15) is 15.4 Å². The molecule has 0 aliphatic carbocycles. The molecule has 1 saturated heterocycles. The summed E-state index contributed by atoms with van der Waals surface area (Å²) in [4.78, 5) is 0. The van der Waals surface area contributed by atoms with Gasteiger partial charge in [0, 0.05) is 0 Å². The van der Waals surface area contributed by atoms with Gasteiger partial charge in [-0.15, -0.1) is 0 Å². The summed E-state index contributed by atoms with van der Waals surface area (Å²) in [5, 5.41) is 34.7. The van der Waals surface area contributed by atoms with Gasteiger partial charge in [-0.05, 0) is 34.5 Å². The maximum Gasteiger partial charge on any atom is 0.176 e. The summed E-state index contributed by atoms with van der Waals surface area (Å²) in [7, 11) is 2.03. The van der Waals surface area contributed by atoms with E-state index in [2.05, 4.69) is 6.30 Å². The molecular formula is C15H22NO3P. The summed E-state index contributed by atoms with van der Waals surface area (Å²) >= 11 is 0. The van der Waals surface area contributed by atoms with Gasteiger partial charge in [-0.25, -0.2) is 0 Å². The number of quaternary nitrogens is 1. The molecule has 1 aliphatic rings. The lowest BCUT2D eigenvalue weighted by molar-refractivity contribution is -0.911. The van der Waals surface area contributed by atoms with Crippen LogP contribution in [0.5, 0.6) is 0 Å². The Labute approximate surface area is 121 Å². The minimum absolute atomic E-state index is 0.534. The van der Waals surface area contributed by atoms with Crippen LogP contribution in [0.3, 0.4) is 0 Å². The highest BCUT2D eigenvalue weighted by atomic mass is 31.1. The van der Waals surface area contributed by atoms with Gasteiger partial charge in [0.1, 0.15) is 5.54 Å². The lowest BCUT2D eigenvalue weighted by Gasteiger charge is -2.51.